The molecule has 1 aliphatic rings. The highest BCUT2D eigenvalue weighted by Crippen LogP contribution is 2.33. The summed E-state index contributed by atoms with van der Waals surface area (Å²) in [6, 6.07) is 11.3. The van der Waals surface area contributed by atoms with Crippen LogP contribution in [0.15, 0.2) is 41.4 Å². The van der Waals surface area contributed by atoms with Crippen LogP contribution in [0, 0.1) is 5.82 Å². The number of benzene rings is 2. The fourth-order valence-electron chi connectivity index (χ4n) is 2.66. The lowest BCUT2D eigenvalue weighted by atomic mass is 9.89. The van der Waals surface area contributed by atoms with E-state index < -0.39 is 0 Å². The minimum Gasteiger partial charge on any atom is -0.288 e. The van der Waals surface area contributed by atoms with Crippen LogP contribution in [-0.2, 0) is 6.54 Å². The Morgan fingerprint density at radius 3 is 2.74 bits per heavy atom. The Hall–Kier alpha value is -1.96. The van der Waals surface area contributed by atoms with Crippen LogP contribution in [0.25, 0.3) is 11.1 Å². The van der Waals surface area contributed by atoms with Gasteiger partial charge in [-0.05, 0) is 40.3 Å². The largest absolute Gasteiger partial charge is 0.288 e. The van der Waals surface area contributed by atoms with Crippen LogP contribution in [0.5, 0.6) is 0 Å². The Morgan fingerprint density at radius 2 is 1.95 bits per heavy atom. The van der Waals surface area contributed by atoms with Gasteiger partial charge in [-0.3, -0.25) is 4.99 Å². The number of rotatable bonds is 1. The van der Waals surface area contributed by atoms with Crippen molar-refractivity contribution in [1.29, 1.82) is 0 Å². The van der Waals surface area contributed by atoms with E-state index in [9.17, 15) is 4.39 Å². The van der Waals surface area contributed by atoms with E-state index in [0.29, 0.717) is 12.5 Å². The summed E-state index contributed by atoms with van der Waals surface area (Å²) >= 11 is 0. The third kappa shape index (κ3) is 2.07. The van der Waals surface area contributed by atoms with Gasteiger partial charge in [0.1, 0.15) is 5.82 Å². The summed E-state index contributed by atoms with van der Waals surface area (Å²) in [5.41, 5.74) is 5.66. The van der Waals surface area contributed by atoms with Crippen LogP contribution >= 0.6 is 0 Å². The second-order valence-electron chi connectivity index (χ2n) is 5.23. The first-order valence-corrected chi connectivity index (χ1v) is 6.58. The first kappa shape index (κ1) is 12.1. The molecule has 0 radical (unpaired) electrons. The topological polar surface area (TPSA) is 12.4 Å². The van der Waals surface area contributed by atoms with Crippen molar-refractivity contribution in [1.82, 2.24) is 0 Å². The van der Waals surface area contributed by atoms with Crippen molar-refractivity contribution in [3.05, 3.63) is 58.9 Å². The lowest BCUT2D eigenvalue weighted by molar-refractivity contribution is 0.626. The lowest BCUT2D eigenvalue weighted by Gasteiger charge is -2.14. The van der Waals surface area contributed by atoms with Crippen LogP contribution in [-0.4, -0.2) is 6.21 Å². The second kappa shape index (κ2) is 4.61. The molecular weight excluding hydrogens is 237 g/mol. The number of hydrogen-bond acceptors (Lipinski definition) is 1. The second-order valence-corrected chi connectivity index (χ2v) is 5.23. The molecule has 2 aromatic rings. The summed E-state index contributed by atoms with van der Waals surface area (Å²) in [6.45, 7) is 4.90. The SMILES string of the molecule is CC(C)c1cccc2c1C=NCc1cc(F)ccc1-2. The van der Waals surface area contributed by atoms with Gasteiger partial charge < -0.3 is 0 Å². The molecule has 0 saturated heterocycles. The van der Waals surface area contributed by atoms with Gasteiger partial charge in [0.25, 0.3) is 0 Å². The van der Waals surface area contributed by atoms with Gasteiger partial charge in [-0.2, -0.15) is 0 Å². The predicted molar refractivity (Wildman–Crippen MR) is 77.2 cm³/mol. The summed E-state index contributed by atoms with van der Waals surface area (Å²) < 4.78 is 13.4. The van der Waals surface area contributed by atoms with E-state index in [1.54, 1.807) is 6.07 Å². The fourth-order valence-corrected chi connectivity index (χ4v) is 2.66. The molecule has 1 nitrogen and oxygen atoms in total. The number of halogens is 1. The maximum absolute atomic E-state index is 13.4. The van der Waals surface area contributed by atoms with E-state index in [-0.39, 0.29) is 5.82 Å². The third-order valence-corrected chi connectivity index (χ3v) is 3.60. The van der Waals surface area contributed by atoms with Gasteiger partial charge >= 0.3 is 0 Å². The molecule has 0 atom stereocenters. The average molecular weight is 253 g/mol. The summed E-state index contributed by atoms with van der Waals surface area (Å²) in [5.74, 6) is 0.251. The Labute approximate surface area is 112 Å². The van der Waals surface area contributed by atoms with Crippen molar-refractivity contribution in [2.24, 2.45) is 4.99 Å². The molecule has 96 valence electrons. The van der Waals surface area contributed by atoms with Gasteiger partial charge in [0.15, 0.2) is 0 Å². The van der Waals surface area contributed by atoms with Crippen LogP contribution in [0.4, 0.5) is 4.39 Å². The maximum atomic E-state index is 13.4. The summed E-state index contributed by atoms with van der Waals surface area (Å²) in [4.78, 5) is 4.45. The molecule has 0 saturated carbocycles. The van der Waals surface area contributed by atoms with Gasteiger partial charge in [0, 0.05) is 11.8 Å². The van der Waals surface area contributed by atoms with Gasteiger partial charge in [0.05, 0.1) is 6.54 Å². The van der Waals surface area contributed by atoms with Crippen molar-refractivity contribution in [2.75, 3.05) is 0 Å². The standard InChI is InChI=1S/C17H16FN/c1-11(2)14-4-3-5-16-15-7-6-13(18)8-12(15)9-19-10-17(14)16/h3-8,10-11H,9H2,1-2H3. The molecule has 1 aliphatic heterocycles. The van der Waals surface area contributed by atoms with Gasteiger partial charge in [-0.1, -0.05) is 38.1 Å². The molecule has 0 amide bonds. The molecule has 2 aromatic carbocycles. The minimum atomic E-state index is -0.197. The molecule has 2 heteroatoms. The van der Waals surface area contributed by atoms with E-state index >= 15 is 0 Å². The number of nitrogens with zero attached hydrogens (tertiary/aromatic N) is 1. The Bertz CT molecular complexity index is 656. The van der Waals surface area contributed by atoms with Crippen molar-refractivity contribution < 1.29 is 4.39 Å². The van der Waals surface area contributed by atoms with Gasteiger partial charge in [-0.15, -0.1) is 0 Å². The van der Waals surface area contributed by atoms with Crippen molar-refractivity contribution >= 4 is 6.21 Å². The van der Waals surface area contributed by atoms with E-state index in [1.165, 1.54) is 17.2 Å². The van der Waals surface area contributed by atoms with E-state index in [2.05, 4.69) is 37.0 Å². The highest BCUT2D eigenvalue weighted by molar-refractivity contribution is 5.94. The number of fused-ring (bicyclic) bond motifs is 3. The van der Waals surface area contributed by atoms with E-state index in [4.69, 9.17) is 0 Å². The highest BCUT2D eigenvalue weighted by Gasteiger charge is 2.16. The molecule has 0 bridgehead atoms. The zero-order chi connectivity index (χ0) is 13.4. The first-order chi connectivity index (χ1) is 9.16. The minimum absolute atomic E-state index is 0.197. The number of hydrogen-bond donors (Lipinski definition) is 0. The molecule has 0 spiro atoms. The number of aliphatic imine (C=N–C) groups is 1. The Balaban J connectivity index is 2.29. The maximum Gasteiger partial charge on any atom is 0.123 e. The molecule has 0 N–H and O–H groups in total. The fraction of sp³-hybridized carbons (Fsp3) is 0.235. The Morgan fingerprint density at radius 1 is 1.11 bits per heavy atom. The zero-order valence-electron chi connectivity index (χ0n) is 11.2. The monoisotopic (exact) mass is 253 g/mol. The Kier molecular flexibility index (Phi) is 2.94. The quantitative estimate of drug-likeness (QED) is 0.707. The molecule has 0 aromatic heterocycles. The van der Waals surface area contributed by atoms with Crippen molar-refractivity contribution in [2.45, 2.75) is 26.3 Å². The molecule has 0 unspecified atom stereocenters. The predicted octanol–water partition coefficient (Wildman–Crippen LogP) is 4.55. The lowest BCUT2D eigenvalue weighted by Crippen LogP contribution is -1.98. The zero-order valence-corrected chi connectivity index (χ0v) is 11.2. The van der Waals surface area contributed by atoms with Crippen LogP contribution < -0.4 is 0 Å². The smallest absolute Gasteiger partial charge is 0.123 e. The normalized spacial score (nSPS) is 13.1. The highest BCUT2D eigenvalue weighted by atomic mass is 19.1. The third-order valence-electron chi connectivity index (χ3n) is 3.60. The van der Waals surface area contributed by atoms with Crippen LogP contribution in [0.1, 0.15) is 36.5 Å². The molecule has 19 heavy (non-hydrogen) atoms. The summed E-state index contributed by atoms with van der Waals surface area (Å²) in [5, 5.41) is 0. The van der Waals surface area contributed by atoms with Gasteiger partial charge in [0.2, 0.25) is 0 Å². The van der Waals surface area contributed by atoms with Crippen molar-refractivity contribution in [3.8, 4) is 11.1 Å². The summed E-state index contributed by atoms with van der Waals surface area (Å²) in [7, 11) is 0. The molecule has 3 rings (SSSR count). The molecular formula is C17H16FN. The van der Waals surface area contributed by atoms with Crippen LogP contribution in [0.2, 0.25) is 0 Å². The van der Waals surface area contributed by atoms with E-state index in [0.717, 1.165) is 16.7 Å². The van der Waals surface area contributed by atoms with Gasteiger partial charge in [-0.25, -0.2) is 4.39 Å². The first-order valence-electron chi connectivity index (χ1n) is 6.58. The molecule has 1 heterocycles. The average Bonchev–Trinajstić information content (AvgIpc) is 2.56. The molecule has 0 aliphatic carbocycles. The van der Waals surface area contributed by atoms with Crippen LogP contribution in [0.3, 0.4) is 0 Å². The molecule has 0 fully saturated rings. The van der Waals surface area contributed by atoms with E-state index in [1.807, 2.05) is 12.3 Å². The van der Waals surface area contributed by atoms with Crippen molar-refractivity contribution in [3.63, 3.8) is 0 Å². The summed E-state index contributed by atoms with van der Waals surface area (Å²) in [6.07, 6.45) is 1.93.